The first-order valence-corrected chi connectivity index (χ1v) is 28.0. The summed E-state index contributed by atoms with van der Waals surface area (Å²) in [5.74, 6) is -9.12. The molecule has 2 aliphatic rings. The van der Waals surface area contributed by atoms with Gasteiger partial charge in [0.15, 0.2) is 13.2 Å². The molecule has 0 aromatic heterocycles. The maximum absolute atomic E-state index is 14.7. The number of nitrogens with one attached hydrogen (secondary N) is 2. The lowest BCUT2D eigenvalue weighted by Gasteiger charge is -2.46. The Morgan fingerprint density at radius 2 is 0.766 bits per heavy atom. The molecule has 0 aliphatic heterocycles. The van der Waals surface area contributed by atoms with Gasteiger partial charge in [-0.25, -0.2) is 52.6 Å². The number of alkyl carbamates (subject to hydrolysis) is 2. The fourth-order valence-corrected chi connectivity index (χ4v) is 10.7. The second-order valence-corrected chi connectivity index (χ2v) is 24.5. The predicted molar refractivity (Wildman–Crippen MR) is 299 cm³/mol. The van der Waals surface area contributed by atoms with Crippen LogP contribution in [0.1, 0.15) is 92.9 Å². The third kappa shape index (κ3) is 29.1. The van der Waals surface area contributed by atoms with Gasteiger partial charge in [-0.1, -0.05) is 74.1 Å². The van der Waals surface area contributed by atoms with E-state index in [1.165, 1.54) is 6.92 Å². The zero-order valence-electron chi connectivity index (χ0n) is 52.3. The summed E-state index contributed by atoms with van der Waals surface area (Å²) < 4.78 is 204. The summed E-state index contributed by atoms with van der Waals surface area (Å²) in [7, 11) is 0. The third-order valence-corrected chi connectivity index (χ3v) is 13.7. The van der Waals surface area contributed by atoms with E-state index < -0.39 is 214 Å². The molecular weight excluding hydrogens is 1290 g/mol. The highest BCUT2D eigenvalue weighted by molar-refractivity contribution is 5.83. The van der Waals surface area contributed by atoms with Crippen molar-refractivity contribution < 1.29 is 153 Å². The van der Waals surface area contributed by atoms with Gasteiger partial charge in [0.25, 0.3) is 0 Å². The van der Waals surface area contributed by atoms with Crippen molar-refractivity contribution in [3.63, 3.8) is 0 Å². The Labute approximate surface area is 533 Å². The van der Waals surface area contributed by atoms with E-state index in [0.29, 0.717) is 0 Å². The number of halogens is 10. The van der Waals surface area contributed by atoms with E-state index in [0.717, 1.165) is 36.5 Å². The van der Waals surface area contributed by atoms with E-state index in [-0.39, 0.29) is 38.5 Å². The minimum absolute atomic E-state index is 0.00392. The first-order chi connectivity index (χ1) is 43.1. The van der Waals surface area contributed by atoms with Crippen LogP contribution in [0, 0.1) is 33.0 Å². The van der Waals surface area contributed by atoms with Gasteiger partial charge in [-0.3, -0.25) is 9.59 Å². The number of hydrogen-bond donors (Lipinski definition) is 2. The maximum atomic E-state index is 14.7. The van der Waals surface area contributed by atoms with E-state index in [4.69, 9.17) is 37.9 Å². The Kier molecular flexibility index (Phi) is 29.5. The van der Waals surface area contributed by atoms with Crippen LogP contribution in [0.4, 0.5) is 53.5 Å². The van der Waals surface area contributed by atoms with Gasteiger partial charge in [0.1, 0.15) is 63.7 Å². The van der Waals surface area contributed by atoms with Gasteiger partial charge in [0, 0.05) is 54.5 Å². The fourth-order valence-electron chi connectivity index (χ4n) is 10.7. The third-order valence-electron chi connectivity index (χ3n) is 13.7. The van der Waals surface area contributed by atoms with Gasteiger partial charge in [-0.05, 0) is 67.6 Å². The Morgan fingerprint density at radius 1 is 0.415 bits per heavy atom. The van der Waals surface area contributed by atoms with Gasteiger partial charge in [-0.15, -0.1) is 8.78 Å². The average molecular weight is 1370 g/mol. The zero-order valence-corrected chi connectivity index (χ0v) is 52.3. The van der Waals surface area contributed by atoms with E-state index >= 15 is 0 Å². The molecule has 530 valence electrons. The quantitative estimate of drug-likeness (QED) is 0.0191. The highest BCUT2D eigenvalue weighted by atomic mass is 19.3. The predicted octanol–water partition coefficient (Wildman–Crippen LogP) is 8.79. The molecule has 2 amide bonds. The van der Waals surface area contributed by atoms with Crippen molar-refractivity contribution in [1.29, 1.82) is 0 Å². The van der Waals surface area contributed by atoms with Crippen molar-refractivity contribution in [3.05, 3.63) is 75.9 Å². The summed E-state index contributed by atoms with van der Waals surface area (Å²) in [5, 5.41) is 4.65. The average Bonchev–Trinajstić information content (AvgIpc) is 0.806. The van der Waals surface area contributed by atoms with Crippen LogP contribution in [0.25, 0.3) is 0 Å². The largest absolute Gasteiger partial charge is 0.495 e. The summed E-state index contributed by atoms with van der Waals surface area (Å²) in [6.07, 6.45) is -30.9. The Hall–Kier alpha value is -8.08. The number of ether oxygens (including phenoxy) is 13. The number of carbonyl (C=O) groups excluding carboxylic acids is 10. The van der Waals surface area contributed by atoms with Crippen LogP contribution in [0.5, 0.6) is 0 Å². The van der Waals surface area contributed by atoms with E-state index in [9.17, 15) is 91.8 Å². The standard InChI is InChI=1S/C59H76F10N2O23/c1-13-39(72)82-27-53(28-83-40(73)14-2,29-84-41(74)15-3)33-88-46(79)24-51(11)21-37(20-49(7,8)25-51)19-45(78)89-35-56(62,63)93-59(68,69)94-58(66,67)57(64,65)92-55(60,61)36-91-47(80)70-38-22-50(9,10)26-52(12,23-38)71-48(81)90-34-54(30-85-42(75)16-4,31-86-43(76)17-5)32-87-44(77)18-6/h13-18,37-38H,1-6,19-36H2,7-12H3,(H,70,80)(H,71,81). The summed E-state index contributed by atoms with van der Waals surface area (Å²) in [5.41, 5.74) is -7.48. The minimum atomic E-state index is -6.96. The molecule has 2 aliphatic carbocycles. The molecule has 2 saturated carbocycles. The molecule has 0 aromatic rings. The van der Waals surface area contributed by atoms with Crippen molar-refractivity contribution in [2.45, 2.75) is 135 Å². The van der Waals surface area contributed by atoms with Crippen molar-refractivity contribution in [2.24, 2.45) is 33.0 Å². The summed E-state index contributed by atoms with van der Waals surface area (Å²) in [6, 6.07) is -1.14. The van der Waals surface area contributed by atoms with Crippen LogP contribution in [0.15, 0.2) is 75.9 Å². The van der Waals surface area contributed by atoms with Gasteiger partial charge >= 0.3 is 90.7 Å². The molecule has 25 nitrogen and oxygen atoms in total. The highest BCUT2D eigenvalue weighted by Gasteiger charge is 2.69. The topological polar surface area (TPSA) is 315 Å². The summed E-state index contributed by atoms with van der Waals surface area (Å²) in [6.45, 7) is 18.6. The maximum Gasteiger partial charge on any atom is 0.495 e. The van der Waals surface area contributed by atoms with Gasteiger partial charge in [-0.2, -0.15) is 35.1 Å². The number of rotatable bonds is 39. The van der Waals surface area contributed by atoms with Crippen molar-refractivity contribution >= 4 is 59.9 Å². The molecule has 0 saturated heterocycles. The minimum Gasteiger partial charge on any atom is -0.465 e. The number of esters is 8. The second kappa shape index (κ2) is 33.9. The lowest BCUT2D eigenvalue weighted by atomic mass is 9.59. The normalized spacial score (nSPS) is 19.7. The van der Waals surface area contributed by atoms with Crippen molar-refractivity contribution in [2.75, 3.05) is 66.1 Å². The number of hydrogen-bond acceptors (Lipinski definition) is 23. The molecule has 2 rings (SSSR count). The molecule has 0 bridgehead atoms. The number of alkyl halides is 10. The van der Waals surface area contributed by atoms with E-state index in [1.54, 1.807) is 34.6 Å². The Balaban J connectivity index is 2.09. The van der Waals surface area contributed by atoms with Crippen LogP contribution in [-0.4, -0.2) is 168 Å². The molecule has 0 heterocycles. The van der Waals surface area contributed by atoms with Crippen LogP contribution >= 0.6 is 0 Å². The molecule has 4 atom stereocenters. The first kappa shape index (κ1) is 82.0. The molecular formula is C59H76F10N2O23. The van der Waals surface area contributed by atoms with Crippen molar-refractivity contribution in [1.82, 2.24) is 10.6 Å². The molecule has 2 N–H and O–H groups in total. The molecule has 0 aromatic carbocycles. The molecule has 2 fully saturated rings. The molecule has 4 unspecified atom stereocenters. The number of amides is 2. The summed E-state index contributed by atoms with van der Waals surface area (Å²) >= 11 is 0. The van der Waals surface area contributed by atoms with Gasteiger partial charge in [0.05, 0.1) is 6.42 Å². The molecule has 0 radical (unpaired) electrons. The monoisotopic (exact) mass is 1370 g/mol. The van der Waals surface area contributed by atoms with Gasteiger partial charge in [0.2, 0.25) is 0 Å². The zero-order chi connectivity index (χ0) is 72.0. The SMILES string of the molecule is C=CC(=O)OCC(COC(=O)C=C)(COC(=O)C=C)COC(=O)CC1(C)CC(CC(=O)OCC(F)(F)OC(F)(F)OC(F)(F)C(F)(F)OC(F)(F)COC(=O)NC2CC(C)(C)CC(C)(NC(=O)OCC(COC(=O)C=C)(COC(=O)C=C)COC(=O)C=C)C2)CC(C)(C)C1. The Bertz CT molecular complexity index is 2680. The lowest BCUT2D eigenvalue weighted by molar-refractivity contribution is -0.566. The summed E-state index contributed by atoms with van der Waals surface area (Å²) in [4.78, 5) is 124. The lowest BCUT2D eigenvalue weighted by Crippen LogP contribution is -2.58. The fraction of sp³-hybridized carbons (Fsp3) is 0.627. The molecule has 94 heavy (non-hydrogen) atoms. The highest BCUT2D eigenvalue weighted by Crippen LogP contribution is 2.52. The van der Waals surface area contributed by atoms with E-state index in [2.05, 4.69) is 73.8 Å². The number of carbonyl (C=O) groups is 10. The van der Waals surface area contributed by atoms with Crippen LogP contribution in [-0.2, 0) is 99.9 Å². The van der Waals surface area contributed by atoms with Crippen LogP contribution < -0.4 is 10.6 Å². The van der Waals surface area contributed by atoms with Gasteiger partial charge < -0.3 is 58.0 Å². The first-order valence-electron chi connectivity index (χ1n) is 28.0. The second-order valence-electron chi connectivity index (χ2n) is 24.5. The Morgan fingerprint density at radius 3 is 1.19 bits per heavy atom. The van der Waals surface area contributed by atoms with E-state index in [1.807, 2.05) is 0 Å². The molecule has 0 spiro atoms. The van der Waals surface area contributed by atoms with Crippen LogP contribution in [0.2, 0.25) is 0 Å². The van der Waals surface area contributed by atoms with Crippen LogP contribution in [0.3, 0.4) is 0 Å². The van der Waals surface area contributed by atoms with Crippen molar-refractivity contribution in [3.8, 4) is 0 Å². The molecule has 35 heteroatoms. The smallest absolute Gasteiger partial charge is 0.465 e.